The molecule has 88 valence electrons. The molecule has 0 saturated heterocycles. The van der Waals surface area contributed by atoms with Crippen molar-refractivity contribution in [3.05, 3.63) is 28.2 Å². The topological polar surface area (TPSA) is 41.1 Å². The predicted molar refractivity (Wildman–Crippen MR) is 61.3 cm³/mol. The number of anilines is 1. The summed E-state index contributed by atoms with van der Waals surface area (Å²) in [5.41, 5.74) is -0.196. The average Bonchev–Trinajstić information content (AvgIpc) is 2.12. The molecule has 0 aliphatic carbocycles. The van der Waals surface area contributed by atoms with E-state index in [4.69, 9.17) is 0 Å². The van der Waals surface area contributed by atoms with Crippen LogP contribution in [0.2, 0.25) is 0 Å². The molecule has 6 heteroatoms. The Bertz CT molecular complexity index is 410. The molecular weight excluding hydrogens is 282 g/mol. The van der Waals surface area contributed by atoms with Crippen LogP contribution in [0.5, 0.6) is 0 Å². The fraction of sp³-hybridized carbons (Fsp3) is 0.300. The van der Waals surface area contributed by atoms with Crippen molar-refractivity contribution in [3.8, 4) is 0 Å². The standard InChI is InChI=1S/C10H11BrF2N2O/c1-5(2)14-10(16)15-9-4-7(12)6(11)3-8(9)13/h3-5H,1-2H3,(H2,14,15,16). The smallest absolute Gasteiger partial charge is 0.319 e. The summed E-state index contributed by atoms with van der Waals surface area (Å²) in [7, 11) is 0. The van der Waals surface area contributed by atoms with Gasteiger partial charge in [-0.1, -0.05) is 0 Å². The van der Waals surface area contributed by atoms with Crippen LogP contribution >= 0.6 is 15.9 Å². The van der Waals surface area contributed by atoms with Crippen LogP contribution in [0.3, 0.4) is 0 Å². The van der Waals surface area contributed by atoms with Gasteiger partial charge in [-0.25, -0.2) is 13.6 Å². The largest absolute Gasteiger partial charge is 0.336 e. The van der Waals surface area contributed by atoms with Gasteiger partial charge < -0.3 is 10.6 Å². The van der Waals surface area contributed by atoms with E-state index in [1.807, 2.05) is 0 Å². The van der Waals surface area contributed by atoms with Gasteiger partial charge in [0, 0.05) is 12.1 Å². The molecule has 16 heavy (non-hydrogen) atoms. The Balaban J connectivity index is 2.81. The number of amides is 2. The Kier molecular flexibility index (Phi) is 4.23. The van der Waals surface area contributed by atoms with E-state index >= 15 is 0 Å². The van der Waals surface area contributed by atoms with Crippen molar-refractivity contribution in [2.24, 2.45) is 0 Å². The lowest BCUT2D eigenvalue weighted by Gasteiger charge is -2.11. The lowest BCUT2D eigenvalue weighted by atomic mass is 10.3. The van der Waals surface area contributed by atoms with Gasteiger partial charge in [-0.05, 0) is 35.8 Å². The number of carbonyl (C=O) groups is 1. The van der Waals surface area contributed by atoms with E-state index in [0.29, 0.717) is 0 Å². The molecule has 0 saturated carbocycles. The monoisotopic (exact) mass is 292 g/mol. The van der Waals surface area contributed by atoms with Crippen molar-refractivity contribution in [2.45, 2.75) is 19.9 Å². The minimum atomic E-state index is -0.702. The third-order valence-electron chi connectivity index (χ3n) is 1.68. The number of benzene rings is 1. The van der Waals surface area contributed by atoms with E-state index in [-0.39, 0.29) is 16.2 Å². The van der Waals surface area contributed by atoms with Gasteiger partial charge in [0.15, 0.2) is 0 Å². The Morgan fingerprint density at radius 3 is 2.50 bits per heavy atom. The first-order valence-corrected chi connectivity index (χ1v) is 5.41. The van der Waals surface area contributed by atoms with Crippen LogP contribution in [0.25, 0.3) is 0 Å². The third kappa shape index (κ3) is 3.44. The highest BCUT2D eigenvalue weighted by molar-refractivity contribution is 9.10. The Morgan fingerprint density at radius 1 is 1.31 bits per heavy atom. The molecule has 0 aromatic heterocycles. The molecule has 0 unspecified atom stereocenters. The Morgan fingerprint density at radius 2 is 1.94 bits per heavy atom. The summed E-state index contributed by atoms with van der Waals surface area (Å²) in [4.78, 5) is 11.2. The normalized spacial score (nSPS) is 10.4. The third-order valence-corrected chi connectivity index (χ3v) is 2.29. The van der Waals surface area contributed by atoms with Gasteiger partial charge in [-0.3, -0.25) is 0 Å². The quantitative estimate of drug-likeness (QED) is 0.807. The Hall–Kier alpha value is -1.17. The fourth-order valence-corrected chi connectivity index (χ4v) is 1.35. The minimum absolute atomic E-state index is 0.0137. The fourth-order valence-electron chi connectivity index (χ4n) is 1.04. The Labute approximate surface area is 100 Å². The van der Waals surface area contributed by atoms with E-state index < -0.39 is 17.7 Å². The molecule has 2 N–H and O–H groups in total. The van der Waals surface area contributed by atoms with Crippen molar-refractivity contribution < 1.29 is 13.6 Å². The lowest BCUT2D eigenvalue weighted by Crippen LogP contribution is -2.34. The van der Waals surface area contributed by atoms with Gasteiger partial charge >= 0.3 is 6.03 Å². The second kappa shape index (κ2) is 5.25. The molecule has 3 nitrogen and oxygen atoms in total. The second-order valence-electron chi connectivity index (χ2n) is 3.50. The van der Waals surface area contributed by atoms with E-state index in [2.05, 4.69) is 26.6 Å². The van der Waals surface area contributed by atoms with Crippen LogP contribution in [0, 0.1) is 11.6 Å². The summed E-state index contributed by atoms with van der Waals surface area (Å²) >= 11 is 2.84. The maximum Gasteiger partial charge on any atom is 0.319 e. The highest BCUT2D eigenvalue weighted by Crippen LogP contribution is 2.23. The molecule has 0 atom stereocenters. The zero-order valence-corrected chi connectivity index (χ0v) is 10.4. The van der Waals surface area contributed by atoms with Crippen LogP contribution in [0.15, 0.2) is 16.6 Å². The molecule has 2 amide bonds. The van der Waals surface area contributed by atoms with Crippen molar-refractivity contribution >= 4 is 27.6 Å². The highest BCUT2D eigenvalue weighted by atomic mass is 79.9. The number of halogens is 3. The highest BCUT2D eigenvalue weighted by Gasteiger charge is 2.11. The molecule has 1 rings (SSSR count). The maximum absolute atomic E-state index is 13.3. The van der Waals surface area contributed by atoms with Crippen molar-refractivity contribution in [1.29, 1.82) is 0 Å². The van der Waals surface area contributed by atoms with Gasteiger partial charge in [-0.2, -0.15) is 0 Å². The zero-order chi connectivity index (χ0) is 12.3. The van der Waals surface area contributed by atoms with Crippen LogP contribution in [-0.4, -0.2) is 12.1 Å². The first-order chi connectivity index (χ1) is 7.40. The van der Waals surface area contributed by atoms with Crippen LogP contribution < -0.4 is 10.6 Å². The maximum atomic E-state index is 13.3. The van der Waals surface area contributed by atoms with Gasteiger partial charge in [0.2, 0.25) is 0 Å². The molecule has 0 radical (unpaired) electrons. The van der Waals surface area contributed by atoms with Crippen LogP contribution in [0.1, 0.15) is 13.8 Å². The van der Waals surface area contributed by atoms with E-state index in [1.54, 1.807) is 13.8 Å². The molecular formula is C10H11BrF2N2O. The zero-order valence-electron chi connectivity index (χ0n) is 8.77. The molecule has 1 aromatic rings. The first-order valence-electron chi connectivity index (χ1n) is 4.62. The number of hydrogen-bond acceptors (Lipinski definition) is 1. The molecule has 0 heterocycles. The summed E-state index contributed by atoms with van der Waals surface area (Å²) in [6, 6.07) is 1.22. The molecule has 0 aliphatic heterocycles. The first kappa shape index (κ1) is 12.9. The summed E-state index contributed by atoms with van der Waals surface area (Å²) in [5, 5.41) is 4.73. The van der Waals surface area contributed by atoms with Gasteiger partial charge in [0.05, 0.1) is 10.2 Å². The lowest BCUT2D eigenvalue weighted by molar-refractivity contribution is 0.250. The summed E-state index contributed by atoms with van der Waals surface area (Å²) in [6.45, 7) is 3.52. The number of urea groups is 1. The number of rotatable bonds is 2. The van der Waals surface area contributed by atoms with E-state index in [1.165, 1.54) is 0 Å². The van der Waals surface area contributed by atoms with Crippen LogP contribution in [-0.2, 0) is 0 Å². The van der Waals surface area contributed by atoms with Gasteiger partial charge in [0.25, 0.3) is 0 Å². The number of hydrogen-bond donors (Lipinski definition) is 2. The van der Waals surface area contributed by atoms with Crippen molar-refractivity contribution in [1.82, 2.24) is 5.32 Å². The SMILES string of the molecule is CC(C)NC(=O)Nc1cc(F)c(Br)cc1F. The summed E-state index contributed by atoms with van der Waals surface area (Å²) < 4.78 is 26.4. The predicted octanol–water partition coefficient (Wildman–Crippen LogP) is 3.26. The van der Waals surface area contributed by atoms with E-state index in [9.17, 15) is 13.6 Å². The van der Waals surface area contributed by atoms with Crippen molar-refractivity contribution in [3.63, 3.8) is 0 Å². The summed E-state index contributed by atoms with van der Waals surface area (Å²) in [5.74, 6) is -1.34. The van der Waals surface area contributed by atoms with E-state index in [0.717, 1.165) is 12.1 Å². The number of nitrogens with one attached hydrogen (secondary N) is 2. The average molecular weight is 293 g/mol. The summed E-state index contributed by atoms with van der Waals surface area (Å²) in [6.07, 6.45) is 0. The molecule has 0 fully saturated rings. The van der Waals surface area contributed by atoms with Crippen molar-refractivity contribution in [2.75, 3.05) is 5.32 Å². The molecule has 0 aliphatic rings. The van der Waals surface area contributed by atoms with Crippen LogP contribution in [0.4, 0.5) is 19.3 Å². The molecule has 0 bridgehead atoms. The molecule has 1 aromatic carbocycles. The number of carbonyl (C=O) groups excluding carboxylic acids is 1. The van der Waals surface area contributed by atoms with Gasteiger partial charge in [0.1, 0.15) is 11.6 Å². The van der Waals surface area contributed by atoms with Gasteiger partial charge in [-0.15, -0.1) is 0 Å². The molecule has 0 spiro atoms. The minimum Gasteiger partial charge on any atom is -0.336 e. The second-order valence-corrected chi connectivity index (χ2v) is 4.35.